The van der Waals surface area contributed by atoms with Gasteiger partial charge in [-0.3, -0.25) is 9.59 Å². The predicted molar refractivity (Wildman–Crippen MR) is 104 cm³/mol. The fourth-order valence-electron chi connectivity index (χ4n) is 2.74. The molecule has 0 atom stereocenters. The first-order valence-corrected chi connectivity index (χ1v) is 8.89. The van der Waals surface area contributed by atoms with Crippen molar-refractivity contribution in [2.75, 3.05) is 25.1 Å². The van der Waals surface area contributed by atoms with Gasteiger partial charge in [0.25, 0.3) is 0 Å². The first-order valence-electron chi connectivity index (χ1n) is 8.89. The number of amides is 2. The summed E-state index contributed by atoms with van der Waals surface area (Å²) < 4.78 is 10.9. The van der Waals surface area contributed by atoms with Crippen LogP contribution in [-0.2, 0) is 9.59 Å². The van der Waals surface area contributed by atoms with E-state index in [1.54, 1.807) is 18.2 Å². The number of anilines is 1. The summed E-state index contributed by atoms with van der Waals surface area (Å²) in [5, 5.41) is 5.35. The van der Waals surface area contributed by atoms with Gasteiger partial charge in [-0.1, -0.05) is 37.3 Å². The van der Waals surface area contributed by atoms with Gasteiger partial charge in [-0.2, -0.15) is 0 Å². The quantitative estimate of drug-likeness (QED) is 0.771. The molecule has 0 saturated carbocycles. The molecule has 0 unspecified atom stereocenters. The lowest BCUT2D eigenvalue weighted by Gasteiger charge is -2.19. The van der Waals surface area contributed by atoms with Crippen LogP contribution < -0.4 is 20.1 Å². The largest absolute Gasteiger partial charge is 0.486 e. The van der Waals surface area contributed by atoms with E-state index in [-0.39, 0.29) is 18.4 Å². The van der Waals surface area contributed by atoms with Crippen LogP contribution in [0.4, 0.5) is 5.69 Å². The Morgan fingerprint density at radius 3 is 2.52 bits per heavy atom. The molecule has 0 fully saturated rings. The number of ether oxygens (including phenoxy) is 2. The molecule has 6 heteroatoms. The number of nitrogens with one attached hydrogen (secondary N) is 2. The second kappa shape index (κ2) is 8.89. The predicted octanol–water partition coefficient (Wildman–Crippen LogP) is 3.01. The molecule has 2 aromatic rings. The van der Waals surface area contributed by atoms with E-state index in [0.717, 1.165) is 17.6 Å². The van der Waals surface area contributed by atoms with Crippen molar-refractivity contribution < 1.29 is 19.1 Å². The zero-order valence-electron chi connectivity index (χ0n) is 15.2. The van der Waals surface area contributed by atoms with E-state index in [2.05, 4.69) is 10.6 Å². The van der Waals surface area contributed by atoms with Crippen LogP contribution in [0.3, 0.4) is 0 Å². The highest BCUT2D eigenvalue weighted by Gasteiger charge is 2.13. The lowest BCUT2D eigenvalue weighted by atomic mass is 10.0. The normalized spacial score (nSPS) is 13.0. The molecule has 1 aliphatic heterocycles. The average molecular weight is 366 g/mol. The van der Waals surface area contributed by atoms with Gasteiger partial charge in [0.1, 0.15) is 13.2 Å². The third-order valence-electron chi connectivity index (χ3n) is 4.08. The summed E-state index contributed by atoms with van der Waals surface area (Å²) >= 11 is 0. The SMILES string of the molecule is CC/C(=C\C(=O)NCC(=O)Nc1ccc2c(c1)OCCO2)c1ccccc1. The molecule has 2 aromatic carbocycles. The molecule has 3 rings (SSSR count). The molecule has 0 saturated heterocycles. The minimum absolute atomic E-state index is 0.116. The van der Waals surface area contributed by atoms with Gasteiger partial charge in [0.15, 0.2) is 11.5 Å². The number of allylic oxidation sites excluding steroid dienone is 1. The molecule has 0 aliphatic carbocycles. The van der Waals surface area contributed by atoms with Gasteiger partial charge in [0.2, 0.25) is 11.8 Å². The highest BCUT2D eigenvalue weighted by Crippen LogP contribution is 2.32. The number of hydrogen-bond donors (Lipinski definition) is 2. The minimum atomic E-state index is -0.314. The maximum atomic E-state index is 12.1. The zero-order chi connectivity index (χ0) is 19.1. The van der Waals surface area contributed by atoms with Gasteiger partial charge in [0.05, 0.1) is 6.54 Å². The lowest BCUT2D eigenvalue weighted by Crippen LogP contribution is -2.32. The first kappa shape index (κ1) is 18.5. The van der Waals surface area contributed by atoms with Gasteiger partial charge in [-0.05, 0) is 29.7 Å². The Morgan fingerprint density at radius 2 is 1.78 bits per heavy atom. The zero-order valence-corrected chi connectivity index (χ0v) is 15.2. The van der Waals surface area contributed by atoms with Crippen molar-refractivity contribution in [3.8, 4) is 11.5 Å². The van der Waals surface area contributed by atoms with Crippen LogP contribution in [0.5, 0.6) is 11.5 Å². The van der Waals surface area contributed by atoms with Crippen molar-refractivity contribution in [1.29, 1.82) is 0 Å². The highest BCUT2D eigenvalue weighted by atomic mass is 16.6. The van der Waals surface area contributed by atoms with Gasteiger partial charge in [-0.25, -0.2) is 0 Å². The van der Waals surface area contributed by atoms with Gasteiger partial charge < -0.3 is 20.1 Å². The summed E-state index contributed by atoms with van der Waals surface area (Å²) in [6, 6.07) is 14.9. The van der Waals surface area contributed by atoms with E-state index in [9.17, 15) is 9.59 Å². The van der Waals surface area contributed by atoms with Crippen LogP contribution in [0.15, 0.2) is 54.6 Å². The summed E-state index contributed by atoms with van der Waals surface area (Å²) in [7, 11) is 0. The Balaban J connectivity index is 1.54. The fourth-order valence-corrected chi connectivity index (χ4v) is 2.74. The number of fused-ring (bicyclic) bond motifs is 1. The van der Waals surface area contributed by atoms with Crippen molar-refractivity contribution in [2.24, 2.45) is 0 Å². The van der Waals surface area contributed by atoms with Gasteiger partial charge in [-0.15, -0.1) is 0 Å². The van der Waals surface area contributed by atoms with E-state index in [1.807, 2.05) is 37.3 Å². The number of carbonyl (C=O) groups is 2. The molecular formula is C21H22N2O4. The summed E-state index contributed by atoms with van der Waals surface area (Å²) in [5.41, 5.74) is 2.50. The molecule has 140 valence electrons. The van der Waals surface area contributed by atoms with E-state index in [0.29, 0.717) is 30.4 Å². The monoisotopic (exact) mass is 366 g/mol. The third kappa shape index (κ3) is 5.10. The average Bonchev–Trinajstić information content (AvgIpc) is 2.71. The number of rotatable bonds is 6. The highest BCUT2D eigenvalue weighted by molar-refractivity contribution is 5.99. The van der Waals surface area contributed by atoms with Crippen LogP contribution in [0, 0.1) is 0 Å². The lowest BCUT2D eigenvalue weighted by molar-refractivity contribution is -0.121. The Morgan fingerprint density at radius 1 is 1.04 bits per heavy atom. The molecule has 1 aliphatic rings. The summed E-state index contributed by atoms with van der Waals surface area (Å²) in [5.74, 6) is 0.645. The van der Waals surface area contributed by atoms with E-state index >= 15 is 0 Å². The topological polar surface area (TPSA) is 76.7 Å². The fraction of sp³-hybridized carbons (Fsp3) is 0.238. The second-order valence-electron chi connectivity index (χ2n) is 6.01. The second-order valence-corrected chi connectivity index (χ2v) is 6.01. The number of hydrogen-bond acceptors (Lipinski definition) is 4. The minimum Gasteiger partial charge on any atom is -0.486 e. The smallest absolute Gasteiger partial charge is 0.244 e. The van der Waals surface area contributed by atoms with Crippen LogP contribution in [-0.4, -0.2) is 31.6 Å². The van der Waals surface area contributed by atoms with E-state index in [1.165, 1.54) is 6.08 Å². The molecule has 6 nitrogen and oxygen atoms in total. The number of carbonyl (C=O) groups excluding carboxylic acids is 2. The maximum absolute atomic E-state index is 12.1. The van der Waals surface area contributed by atoms with E-state index in [4.69, 9.17) is 9.47 Å². The maximum Gasteiger partial charge on any atom is 0.244 e. The third-order valence-corrected chi connectivity index (χ3v) is 4.08. The van der Waals surface area contributed by atoms with Gasteiger partial charge in [0, 0.05) is 17.8 Å². The van der Waals surface area contributed by atoms with Crippen LogP contribution in [0.2, 0.25) is 0 Å². The molecule has 27 heavy (non-hydrogen) atoms. The van der Waals surface area contributed by atoms with Crippen LogP contribution in [0.1, 0.15) is 18.9 Å². The molecular weight excluding hydrogens is 344 g/mol. The molecule has 0 radical (unpaired) electrons. The van der Waals surface area contributed by atoms with Crippen molar-refractivity contribution in [3.05, 3.63) is 60.2 Å². The summed E-state index contributed by atoms with van der Waals surface area (Å²) in [6.07, 6.45) is 2.26. The molecule has 2 amide bonds. The summed E-state index contributed by atoms with van der Waals surface area (Å²) in [4.78, 5) is 24.2. The standard InChI is InChI=1S/C21H22N2O4/c1-2-15(16-6-4-3-5-7-16)12-20(24)22-14-21(25)23-17-8-9-18-19(13-17)27-11-10-26-18/h3-9,12-13H,2,10-11,14H2,1H3,(H,22,24)(H,23,25)/b15-12+. The van der Waals surface area contributed by atoms with Crippen molar-refractivity contribution >= 4 is 23.1 Å². The molecule has 1 heterocycles. The molecule has 0 aromatic heterocycles. The Bertz CT molecular complexity index is 847. The van der Waals surface area contributed by atoms with Crippen molar-refractivity contribution in [1.82, 2.24) is 5.32 Å². The Kier molecular flexibility index (Phi) is 6.10. The van der Waals surface area contributed by atoms with Crippen molar-refractivity contribution in [2.45, 2.75) is 13.3 Å². The summed E-state index contributed by atoms with van der Waals surface area (Å²) in [6.45, 7) is 2.87. The van der Waals surface area contributed by atoms with Crippen molar-refractivity contribution in [3.63, 3.8) is 0 Å². The Labute approximate surface area is 158 Å². The van der Waals surface area contributed by atoms with Crippen LogP contribution >= 0.6 is 0 Å². The Hall–Kier alpha value is -3.28. The number of benzene rings is 2. The van der Waals surface area contributed by atoms with E-state index < -0.39 is 0 Å². The molecule has 0 spiro atoms. The van der Waals surface area contributed by atoms with Crippen LogP contribution in [0.25, 0.3) is 5.57 Å². The molecule has 0 bridgehead atoms. The molecule has 2 N–H and O–H groups in total. The van der Waals surface area contributed by atoms with Gasteiger partial charge >= 0.3 is 0 Å². The first-order chi connectivity index (χ1) is 13.2.